The molecule has 0 unspecified atom stereocenters. The monoisotopic (exact) mass is 384 g/mol. The summed E-state index contributed by atoms with van der Waals surface area (Å²) in [6, 6.07) is 28.6. The standard InChI is InChI=1S/C24H20N2O3/c27-23-20-21(18-12-6-2-7-13-18)26(19-14-8-3-9-15-19)29-22(20)24(28)25(23)16-17-10-4-1-5-11-17/h1-15,20-22H,16H2/t20-,21+,22+/m0/s1. The molecule has 0 aliphatic carbocycles. The predicted molar refractivity (Wildman–Crippen MR) is 108 cm³/mol. The van der Waals surface area contributed by atoms with E-state index in [0.29, 0.717) is 0 Å². The number of carbonyl (C=O) groups excluding carboxylic acids is 2. The van der Waals surface area contributed by atoms with Gasteiger partial charge in [-0.2, -0.15) is 0 Å². The number of likely N-dealkylation sites (tertiary alicyclic amines) is 1. The normalized spacial score (nSPS) is 23.5. The van der Waals surface area contributed by atoms with Gasteiger partial charge in [0.05, 0.1) is 18.3 Å². The van der Waals surface area contributed by atoms with Crippen molar-refractivity contribution in [3.05, 3.63) is 102 Å². The van der Waals surface area contributed by atoms with Gasteiger partial charge in [-0.05, 0) is 23.3 Å². The Kier molecular flexibility index (Phi) is 4.37. The molecule has 0 spiro atoms. The summed E-state index contributed by atoms with van der Waals surface area (Å²) in [5, 5.41) is 1.72. The molecule has 0 N–H and O–H groups in total. The van der Waals surface area contributed by atoms with Crippen LogP contribution in [-0.4, -0.2) is 22.8 Å². The molecule has 2 aliphatic heterocycles. The van der Waals surface area contributed by atoms with E-state index in [1.165, 1.54) is 4.90 Å². The van der Waals surface area contributed by atoms with E-state index in [1.807, 2.05) is 91.0 Å². The van der Waals surface area contributed by atoms with Crippen LogP contribution in [0.5, 0.6) is 0 Å². The van der Waals surface area contributed by atoms with E-state index in [2.05, 4.69) is 0 Å². The van der Waals surface area contributed by atoms with E-state index < -0.39 is 12.0 Å². The van der Waals surface area contributed by atoms with E-state index >= 15 is 0 Å². The van der Waals surface area contributed by atoms with Crippen molar-refractivity contribution in [3.8, 4) is 0 Å². The number of hydrogen-bond acceptors (Lipinski definition) is 4. The topological polar surface area (TPSA) is 49.9 Å². The van der Waals surface area contributed by atoms with Crippen molar-refractivity contribution in [1.29, 1.82) is 0 Å². The highest BCUT2D eigenvalue weighted by molar-refractivity contribution is 6.07. The van der Waals surface area contributed by atoms with E-state index in [4.69, 9.17) is 4.84 Å². The van der Waals surface area contributed by atoms with Crippen LogP contribution in [0.15, 0.2) is 91.0 Å². The highest BCUT2D eigenvalue weighted by Gasteiger charge is 2.59. The summed E-state index contributed by atoms with van der Waals surface area (Å²) in [5.74, 6) is -1.03. The first kappa shape index (κ1) is 17.6. The van der Waals surface area contributed by atoms with Crippen molar-refractivity contribution in [2.75, 3.05) is 5.06 Å². The van der Waals surface area contributed by atoms with Gasteiger partial charge in [0.2, 0.25) is 5.91 Å². The predicted octanol–water partition coefficient (Wildman–Crippen LogP) is 3.73. The number of fused-ring (bicyclic) bond motifs is 1. The van der Waals surface area contributed by atoms with Crippen LogP contribution in [0.1, 0.15) is 17.2 Å². The van der Waals surface area contributed by atoms with Gasteiger partial charge < -0.3 is 0 Å². The van der Waals surface area contributed by atoms with Crippen molar-refractivity contribution in [3.63, 3.8) is 0 Å². The molecular weight excluding hydrogens is 364 g/mol. The van der Waals surface area contributed by atoms with Crippen LogP contribution in [-0.2, 0) is 21.0 Å². The maximum atomic E-state index is 13.4. The first-order valence-electron chi connectivity index (χ1n) is 9.69. The van der Waals surface area contributed by atoms with Gasteiger partial charge in [0.1, 0.15) is 5.92 Å². The van der Waals surface area contributed by atoms with Crippen molar-refractivity contribution < 1.29 is 14.4 Å². The largest absolute Gasteiger partial charge is 0.275 e. The number of amides is 2. The summed E-state index contributed by atoms with van der Waals surface area (Å²) in [6.45, 7) is 0.266. The van der Waals surface area contributed by atoms with Gasteiger partial charge >= 0.3 is 0 Å². The molecule has 0 aromatic heterocycles. The summed E-state index contributed by atoms with van der Waals surface area (Å²) in [6.07, 6.45) is -0.809. The average molecular weight is 384 g/mol. The fraction of sp³-hybridized carbons (Fsp3) is 0.167. The minimum absolute atomic E-state index is 0.184. The number of benzene rings is 3. The molecule has 2 fully saturated rings. The number of anilines is 1. The Balaban J connectivity index is 1.52. The Labute approximate surface area is 169 Å². The van der Waals surface area contributed by atoms with Crippen molar-refractivity contribution >= 4 is 17.5 Å². The minimum Gasteiger partial charge on any atom is -0.275 e. The third-order valence-electron chi connectivity index (χ3n) is 5.54. The molecule has 0 radical (unpaired) electrons. The average Bonchev–Trinajstić information content (AvgIpc) is 3.28. The molecule has 5 nitrogen and oxygen atoms in total. The molecular formula is C24H20N2O3. The lowest BCUT2D eigenvalue weighted by Gasteiger charge is -2.28. The van der Waals surface area contributed by atoms with Crippen molar-refractivity contribution in [1.82, 2.24) is 4.90 Å². The van der Waals surface area contributed by atoms with Crippen LogP contribution in [0.2, 0.25) is 0 Å². The van der Waals surface area contributed by atoms with Crippen LogP contribution in [0, 0.1) is 5.92 Å². The van der Waals surface area contributed by atoms with Crippen LogP contribution in [0.25, 0.3) is 0 Å². The van der Waals surface area contributed by atoms with Gasteiger partial charge in [-0.15, -0.1) is 0 Å². The Morgan fingerprint density at radius 2 is 1.31 bits per heavy atom. The highest BCUT2D eigenvalue weighted by Crippen LogP contribution is 2.46. The number of hydrogen-bond donors (Lipinski definition) is 0. The smallest absolute Gasteiger partial charge is 0.262 e. The molecule has 3 atom stereocenters. The first-order chi connectivity index (χ1) is 14.2. The fourth-order valence-corrected chi connectivity index (χ4v) is 4.18. The Bertz CT molecular complexity index is 1020. The number of carbonyl (C=O) groups is 2. The molecule has 0 saturated carbocycles. The zero-order valence-corrected chi connectivity index (χ0v) is 15.7. The molecule has 0 bridgehead atoms. The summed E-state index contributed by atoms with van der Waals surface area (Å²) < 4.78 is 0. The quantitative estimate of drug-likeness (QED) is 0.643. The number of para-hydroxylation sites is 1. The molecule has 2 aliphatic rings. The Morgan fingerprint density at radius 1 is 0.724 bits per heavy atom. The van der Waals surface area contributed by atoms with E-state index in [9.17, 15) is 9.59 Å². The van der Waals surface area contributed by atoms with Gasteiger partial charge in [-0.1, -0.05) is 78.9 Å². The highest BCUT2D eigenvalue weighted by atomic mass is 16.7. The van der Waals surface area contributed by atoms with Crippen LogP contribution < -0.4 is 5.06 Å². The third-order valence-corrected chi connectivity index (χ3v) is 5.54. The van der Waals surface area contributed by atoms with Crippen molar-refractivity contribution in [2.24, 2.45) is 5.92 Å². The minimum atomic E-state index is -0.809. The number of hydroxylamine groups is 1. The molecule has 3 aromatic rings. The Hall–Kier alpha value is -3.44. The maximum Gasteiger partial charge on any atom is 0.262 e. The molecule has 29 heavy (non-hydrogen) atoms. The zero-order chi connectivity index (χ0) is 19.8. The van der Waals surface area contributed by atoms with Crippen molar-refractivity contribution in [2.45, 2.75) is 18.7 Å². The lowest BCUT2D eigenvalue weighted by molar-refractivity contribution is -0.143. The second kappa shape index (κ2) is 7.18. The SMILES string of the molecule is O=C1[C@H]2[C@@H](c3ccccc3)N(c3ccccc3)O[C@H]2C(=O)N1Cc1ccccc1. The van der Waals surface area contributed by atoms with Gasteiger partial charge in [0.15, 0.2) is 6.10 Å². The summed E-state index contributed by atoms with van der Waals surface area (Å²) in [7, 11) is 0. The van der Waals surface area contributed by atoms with Crippen LogP contribution >= 0.6 is 0 Å². The van der Waals surface area contributed by atoms with E-state index in [0.717, 1.165) is 16.8 Å². The van der Waals surface area contributed by atoms with Gasteiger partial charge in [-0.3, -0.25) is 19.3 Å². The third kappa shape index (κ3) is 3.00. The molecule has 144 valence electrons. The summed E-state index contributed by atoms with van der Waals surface area (Å²) >= 11 is 0. The molecule has 5 rings (SSSR count). The molecule has 3 aromatic carbocycles. The van der Waals surface area contributed by atoms with Gasteiger partial charge in [0.25, 0.3) is 5.91 Å². The zero-order valence-electron chi connectivity index (χ0n) is 15.7. The molecule has 2 amide bonds. The number of imide groups is 1. The first-order valence-corrected chi connectivity index (χ1v) is 9.69. The molecule has 5 heteroatoms. The lowest BCUT2D eigenvalue weighted by atomic mass is 9.90. The maximum absolute atomic E-state index is 13.4. The second-order valence-corrected chi connectivity index (χ2v) is 7.32. The molecule has 2 saturated heterocycles. The lowest BCUT2D eigenvalue weighted by Crippen LogP contribution is -2.36. The summed E-state index contributed by atoms with van der Waals surface area (Å²) in [4.78, 5) is 33.9. The second-order valence-electron chi connectivity index (χ2n) is 7.32. The van der Waals surface area contributed by atoms with Gasteiger partial charge in [0, 0.05) is 0 Å². The van der Waals surface area contributed by atoms with Crippen LogP contribution in [0.4, 0.5) is 5.69 Å². The van der Waals surface area contributed by atoms with E-state index in [1.54, 1.807) is 5.06 Å². The van der Waals surface area contributed by atoms with Crippen LogP contribution in [0.3, 0.4) is 0 Å². The number of nitrogens with zero attached hydrogens (tertiary/aromatic N) is 2. The fourth-order valence-electron chi connectivity index (χ4n) is 4.18. The summed E-state index contributed by atoms with van der Waals surface area (Å²) in [5.41, 5.74) is 2.70. The Morgan fingerprint density at radius 3 is 1.97 bits per heavy atom. The molecule has 2 heterocycles. The van der Waals surface area contributed by atoms with E-state index in [-0.39, 0.29) is 24.4 Å². The number of rotatable bonds is 4. The van der Waals surface area contributed by atoms with Gasteiger partial charge in [-0.25, -0.2) is 5.06 Å².